The summed E-state index contributed by atoms with van der Waals surface area (Å²) in [5.41, 5.74) is 4.28. The van der Waals surface area contributed by atoms with E-state index in [0.717, 1.165) is 22.4 Å². The summed E-state index contributed by atoms with van der Waals surface area (Å²) in [6.07, 6.45) is 0. The Morgan fingerprint density at radius 3 is 2.20 bits per heavy atom. The van der Waals surface area contributed by atoms with E-state index in [1.807, 2.05) is 55.5 Å². The van der Waals surface area contributed by atoms with Gasteiger partial charge < -0.3 is 19.1 Å². The average Bonchev–Trinajstić information content (AvgIpc) is 3.35. The molecule has 2 amide bonds. The van der Waals surface area contributed by atoms with Gasteiger partial charge in [-0.05, 0) is 18.6 Å². The summed E-state index contributed by atoms with van der Waals surface area (Å²) in [7, 11) is 4.57. The van der Waals surface area contributed by atoms with E-state index >= 15 is 0 Å². The largest absolute Gasteiger partial charge is 0.493 e. The van der Waals surface area contributed by atoms with Crippen molar-refractivity contribution in [1.29, 1.82) is 0 Å². The number of aryl methyl sites for hydroxylation is 1. The zero-order valence-electron chi connectivity index (χ0n) is 20.0. The van der Waals surface area contributed by atoms with Crippen LogP contribution in [0.2, 0.25) is 0 Å². The van der Waals surface area contributed by atoms with Crippen molar-refractivity contribution in [3.8, 4) is 17.2 Å². The molecule has 0 saturated carbocycles. The number of thioether (sulfide) groups is 1. The number of nitrogens with zero attached hydrogens (tertiary/aromatic N) is 2. The molecule has 1 spiro atoms. The van der Waals surface area contributed by atoms with Crippen LogP contribution in [-0.4, -0.2) is 38.9 Å². The quantitative estimate of drug-likeness (QED) is 0.507. The molecule has 1 atom stereocenters. The molecule has 0 bridgehead atoms. The maximum atomic E-state index is 14.2. The molecule has 0 N–H and O–H groups in total. The van der Waals surface area contributed by atoms with Crippen LogP contribution in [0.25, 0.3) is 0 Å². The lowest BCUT2D eigenvalue weighted by molar-refractivity contribution is -0.123. The topological polar surface area (TPSA) is 68.3 Å². The third kappa shape index (κ3) is 3.51. The van der Waals surface area contributed by atoms with Crippen LogP contribution in [0.5, 0.6) is 17.2 Å². The smallest absolute Gasteiger partial charge is 0.269 e. The second kappa shape index (κ2) is 8.85. The highest BCUT2D eigenvalue weighted by Crippen LogP contribution is 2.57. The minimum Gasteiger partial charge on any atom is -0.493 e. The zero-order chi connectivity index (χ0) is 24.7. The maximum Gasteiger partial charge on any atom is 0.269 e. The number of rotatable bonds is 6. The van der Waals surface area contributed by atoms with Gasteiger partial charge in [-0.2, -0.15) is 0 Å². The number of hydrogen-bond acceptors (Lipinski definition) is 6. The Bertz CT molecular complexity index is 1280. The van der Waals surface area contributed by atoms with Gasteiger partial charge in [-0.25, -0.2) is 0 Å². The summed E-state index contributed by atoms with van der Waals surface area (Å²) in [4.78, 5) is 29.7. The van der Waals surface area contributed by atoms with Crippen molar-refractivity contribution < 1.29 is 23.8 Å². The molecule has 1 saturated heterocycles. The van der Waals surface area contributed by atoms with Gasteiger partial charge in [-0.3, -0.25) is 14.5 Å². The van der Waals surface area contributed by atoms with E-state index in [1.165, 1.54) is 33.1 Å². The van der Waals surface area contributed by atoms with E-state index in [2.05, 4.69) is 0 Å². The molecule has 0 aliphatic carbocycles. The molecule has 0 aromatic heterocycles. The number of carbonyl (C=O) groups excluding carboxylic acids is 2. The van der Waals surface area contributed by atoms with Gasteiger partial charge in [0.05, 0.1) is 45.0 Å². The number of hydrogen-bond donors (Lipinski definition) is 0. The second-order valence-corrected chi connectivity index (χ2v) is 9.61. The highest BCUT2D eigenvalue weighted by Gasteiger charge is 2.61. The van der Waals surface area contributed by atoms with E-state index in [-0.39, 0.29) is 17.6 Å². The number of carbonyl (C=O) groups is 2. The molecule has 2 aliphatic rings. The highest BCUT2D eigenvalue weighted by atomic mass is 32.2. The van der Waals surface area contributed by atoms with Gasteiger partial charge in [0.15, 0.2) is 11.5 Å². The van der Waals surface area contributed by atoms with Crippen molar-refractivity contribution in [3.63, 3.8) is 0 Å². The second-order valence-electron chi connectivity index (χ2n) is 8.44. The van der Waals surface area contributed by atoms with Crippen LogP contribution >= 0.6 is 11.8 Å². The van der Waals surface area contributed by atoms with Gasteiger partial charge in [-0.1, -0.05) is 48.0 Å². The molecule has 1 unspecified atom stereocenters. The van der Waals surface area contributed by atoms with E-state index < -0.39 is 4.87 Å². The summed E-state index contributed by atoms with van der Waals surface area (Å²) in [5.74, 6) is 1.11. The number of methoxy groups -OCH3 is 3. The zero-order valence-corrected chi connectivity index (χ0v) is 20.8. The van der Waals surface area contributed by atoms with Crippen LogP contribution in [0, 0.1) is 6.92 Å². The van der Waals surface area contributed by atoms with Crippen LogP contribution in [0.1, 0.15) is 16.7 Å². The molecule has 0 radical (unpaired) electrons. The molecule has 35 heavy (non-hydrogen) atoms. The molecular weight excluding hydrogens is 464 g/mol. The molecule has 3 aromatic carbocycles. The van der Waals surface area contributed by atoms with E-state index in [1.54, 1.807) is 21.9 Å². The van der Waals surface area contributed by atoms with Crippen molar-refractivity contribution in [1.82, 2.24) is 0 Å². The number of para-hydroxylation sites is 1. The molecule has 1 fully saturated rings. The first kappa shape index (κ1) is 23.1. The lowest BCUT2D eigenvalue weighted by Gasteiger charge is -2.33. The van der Waals surface area contributed by atoms with Crippen LogP contribution in [-0.2, 0) is 21.0 Å². The molecular formula is C27H26N2O5S. The maximum absolute atomic E-state index is 14.2. The lowest BCUT2D eigenvalue weighted by atomic mass is 10.0. The monoisotopic (exact) mass is 490 g/mol. The van der Waals surface area contributed by atoms with Gasteiger partial charge in [0.1, 0.15) is 0 Å². The van der Waals surface area contributed by atoms with Crippen LogP contribution in [0.15, 0.2) is 60.7 Å². The molecule has 8 heteroatoms. The Balaban J connectivity index is 1.65. The number of amides is 2. The van der Waals surface area contributed by atoms with Gasteiger partial charge in [0.2, 0.25) is 16.5 Å². The summed E-state index contributed by atoms with van der Waals surface area (Å²) in [6, 6.07) is 19.2. The first-order valence-electron chi connectivity index (χ1n) is 11.2. The number of benzene rings is 3. The first-order chi connectivity index (χ1) is 16.9. The van der Waals surface area contributed by atoms with Crippen LogP contribution in [0.3, 0.4) is 0 Å². The summed E-state index contributed by atoms with van der Waals surface area (Å²) in [5, 5.41) is 0. The fourth-order valence-electron chi connectivity index (χ4n) is 4.78. The summed E-state index contributed by atoms with van der Waals surface area (Å²) >= 11 is 1.34. The fourth-order valence-corrected chi connectivity index (χ4v) is 6.14. The predicted octanol–water partition coefficient (Wildman–Crippen LogP) is 4.50. The molecule has 3 aromatic rings. The van der Waals surface area contributed by atoms with E-state index in [4.69, 9.17) is 14.2 Å². The Hall–Kier alpha value is -3.65. The molecule has 7 nitrogen and oxygen atoms in total. The minimum absolute atomic E-state index is 0.149. The van der Waals surface area contributed by atoms with Gasteiger partial charge in [0.25, 0.3) is 5.91 Å². The van der Waals surface area contributed by atoms with Crippen molar-refractivity contribution >= 4 is 35.0 Å². The van der Waals surface area contributed by atoms with Gasteiger partial charge in [0, 0.05) is 17.7 Å². The third-order valence-corrected chi connectivity index (χ3v) is 7.82. The van der Waals surface area contributed by atoms with E-state index in [9.17, 15) is 9.59 Å². The standard InChI is InChI=1S/C27H26N2O5S/c1-17-9-11-18(12-10-17)15-28-21-8-6-5-7-20(21)27(26(28)31)29(24(30)16-35-27)19-13-22(32-2)25(34-4)23(14-19)33-3/h5-14H,15-16H2,1-4H3. The van der Waals surface area contributed by atoms with Crippen molar-refractivity contribution in [2.45, 2.75) is 18.3 Å². The highest BCUT2D eigenvalue weighted by molar-refractivity contribution is 8.02. The van der Waals surface area contributed by atoms with Crippen molar-refractivity contribution in [2.24, 2.45) is 0 Å². The Morgan fingerprint density at radius 1 is 0.914 bits per heavy atom. The van der Waals surface area contributed by atoms with Crippen molar-refractivity contribution in [2.75, 3.05) is 36.9 Å². The fraction of sp³-hybridized carbons (Fsp3) is 0.259. The SMILES string of the molecule is COc1cc(N2C(=O)CSC23C(=O)N(Cc2ccc(C)cc2)c2ccccc23)cc(OC)c1OC. The number of anilines is 2. The third-order valence-electron chi connectivity index (χ3n) is 6.43. The minimum atomic E-state index is -1.22. The molecule has 2 heterocycles. The average molecular weight is 491 g/mol. The molecule has 2 aliphatic heterocycles. The number of ether oxygens (including phenoxy) is 3. The van der Waals surface area contributed by atoms with E-state index in [0.29, 0.717) is 29.5 Å². The van der Waals surface area contributed by atoms with Crippen LogP contribution < -0.4 is 24.0 Å². The lowest BCUT2D eigenvalue weighted by Crippen LogP contribution is -2.49. The van der Waals surface area contributed by atoms with Gasteiger partial charge >= 0.3 is 0 Å². The number of fused-ring (bicyclic) bond motifs is 2. The van der Waals surface area contributed by atoms with Gasteiger partial charge in [-0.15, -0.1) is 11.8 Å². The van der Waals surface area contributed by atoms with Crippen LogP contribution in [0.4, 0.5) is 11.4 Å². The Labute approximate surface area is 208 Å². The van der Waals surface area contributed by atoms with Crippen molar-refractivity contribution in [3.05, 3.63) is 77.4 Å². The Morgan fingerprint density at radius 2 is 1.57 bits per heavy atom. The first-order valence-corrected chi connectivity index (χ1v) is 12.2. The summed E-state index contributed by atoms with van der Waals surface area (Å²) in [6.45, 7) is 2.45. The molecule has 5 rings (SSSR count). The Kier molecular flexibility index (Phi) is 5.84. The normalized spacial score (nSPS) is 18.9. The molecule has 180 valence electrons. The summed E-state index contributed by atoms with van der Waals surface area (Å²) < 4.78 is 16.5. The predicted molar refractivity (Wildman–Crippen MR) is 137 cm³/mol.